The zero-order valence-electron chi connectivity index (χ0n) is 15.6. The molecule has 0 radical (unpaired) electrons. The Kier molecular flexibility index (Phi) is 5.80. The molecule has 28 heavy (non-hydrogen) atoms. The molecule has 0 spiro atoms. The van der Waals surface area contributed by atoms with Crippen LogP contribution in [0.25, 0.3) is 11.5 Å². The van der Waals surface area contributed by atoms with Crippen molar-refractivity contribution < 1.29 is 9.15 Å². The average molecular weight is 391 g/mol. The predicted molar refractivity (Wildman–Crippen MR) is 110 cm³/mol. The summed E-state index contributed by atoms with van der Waals surface area (Å²) in [5.74, 6) is 2.03. The fraction of sp³-hybridized carbons (Fsp3) is 0.182. The first kappa shape index (κ1) is 18.4. The molecule has 2 aromatic heterocycles. The van der Waals surface area contributed by atoms with Gasteiger partial charge in [0.25, 0.3) is 0 Å². The molecule has 5 nitrogen and oxygen atoms in total. The highest BCUT2D eigenvalue weighted by Crippen LogP contribution is 2.24. The SMILES string of the molecule is COc1ccccc1CN(Cc1nnc(-c2ccccc2)o1)Cc1cccs1. The van der Waals surface area contributed by atoms with Gasteiger partial charge in [0, 0.05) is 29.1 Å². The van der Waals surface area contributed by atoms with Gasteiger partial charge in [-0.25, -0.2) is 0 Å². The van der Waals surface area contributed by atoms with E-state index in [4.69, 9.17) is 9.15 Å². The van der Waals surface area contributed by atoms with E-state index in [1.54, 1.807) is 18.4 Å². The van der Waals surface area contributed by atoms with Crippen LogP contribution in [0, 0.1) is 0 Å². The number of thiophene rings is 1. The Morgan fingerprint density at radius 1 is 0.893 bits per heavy atom. The van der Waals surface area contributed by atoms with Gasteiger partial charge >= 0.3 is 0 Å². The molecule has 0 atom stereocenters. The first-order valence-electron chi connectivity index (χ1n) is 9.06. The lowest BCUT2D eigenvalue weighted by Gasteiger charge is -2.21. The van der Waals surface area contributed by atoms with Crippen molar-refractivity contribution in [1.29, 1.82) is 0 Å². The summed E-state index contributed by atoms with van der Waals surface area (Å²) in [4.78, 5) is 3.57. The van der Waals surface area contributed by atoms with Crippen molar-refractivity contribution in [3.05, 3.63) is 88.4 Å². The summed E-state index contributed by atoms with van der Waals surface area (Å²) in [6.07, 6.45) is 0. The molecule has 4 aromatic rings. The van der Waals surface area contributed by atoms with Crippen LogP contribution in [-0.2, 0) is 19.6 Å². The van der Waals surface area contributed by atoms with E-state index >= 15 is 0 Å². The van der Waals surface area contributed by atoms with E-state index in [1.165, 1.54) is 4.88 Å². The van der Waals surface area contributed by atoms with Crippen molar-refractivity contribution in [2.75, 3.05) is 7.11 Å². The number of ether oxygens (including phenoxy) is 1. The lowest BCUT2D eigenvalue weighted by atomic mass is 10.2. The van der Waals surface area contributed by atoms with Crippen LogP contribution in [0.4, 0.5) is 0 Å². The lowest BCUT2D eigenvalue weighted by molar-refractivity contribution is 0.222. The second kappa shape index (κ2) is 8.82. The van der Waals surface area contributed by atoms with Crippen molar-refractivity contribution in [1.82, 2.24) is 15.1 Å². The Bertz CT molecular complexity index is 1000. The summed E-state index contributed by atoms with van der Waals surface area (Å²) in [6, 6.07) is 22.1. The molecule has 0 saturated heterocycles. The van der Waals surface area contributed by atoms with Gasteiger partial charge in [-0.05, 0) is 29.6 Å². The van der Waals surface area contributed by atoms with Gasteiger partial charge in [-0.1, -0.05) is 42.5 Å². The number of methoxy groups -OCH3 is 1. The fourth-order valence-electron chi connectivity index (χ4n) is 3.07. The van der Waals surface area contributed by atoms with Gasteiger partial charge in [-0.2, -0.15) is 0 Å². The largest absolute Gasteiger partial charge is 0.496 e. The molecule has 0 amide bonds. The highest BCUT2D eigenvalue weighted by molar-refractivity contribution is 7.09. The number of aromatic nitrogens is 2. The zero-order valence-corrected chi connectivity index (χ0v) is 16.4. The molecule has 0 aliphatic heterocycles. The third-order valence-electron chi connectivity index (χ3n) is 4.39. The average Bonchev–Trinajstić information content (AvgIpc) is 3.41. The molecule has 0 unspecified atom stereocenters. The monoisotopic (exact) mass is 391 g/mol. The fourth-order valence-corrected chi connectivity index (χ4v) is 3.82. The second-order valence-electron chi connectivity index (χ2n) is 6.40. The van der Waals surface area contributed by atoms with Crippen LogP contribution < -0.4 is 4.74 Å². The molecule has 2 heterocycles. The van der Waals surface area contributed by atoms with Gasteiger partial charge in [-0.15, -0.1) is 21.5 Å². The van der Waals surface area contributed by atoms with Crippen molar-refractivity contribution in [3.63, 3.8) is 0 Å². The minimum atomic E-state index is 0.545. The summed E-state index contributed by atoms with van der Waals surface area (Å²) in [6.45, 7) is 2.10. The molecule has 0 fully saturated rings. The quantitative estimate of drug-likeness (QED) is 0.423. The molecule has 0 bridgehead atoms. The van der Waals surface area contributed by atoms with Crippen LogP contribution in [0.3, 0.4) is 0 Å². The third-order valence-corrected chi connectivity index (χ3v) is 5.25. The van der Waals surface area contributed by atoms with Gasteiger partial charge in [-0.3, -0.25) is 4.90 Å². The second-order valence-corrected chi connectivity index (χ2v) is 7.44. The number of benzene rings is 2. The first-order valence-corrected chi connectivity index (χ1v) is 9.94. The maximum absolute atomic E-state index is 5.92. The summed E-state index contributed by atoms with van der Waals surface area (Å²) in [5.41, 5.74) is 2.06. The standard InChI is InChI=1S/C22H21N3O2S/c1-26-20-12-6-5-10-18(20)14-25(15-19-11-7-13-28-19)16-21-23-24-22(27-21)17-8-3-2-4-9-17/h2-13H,14-16H2,1H3. The van der Waals surface area contributed by atoms with Crippen LogP contribution in [0.5, 0.6) is 5.75 Å². The highest BCUT2D eigenvalue weighted by Gasteiger charge is 2.16. The van der Waals surface area contributed by atoms with E-state index in [0.29, 0.717) is 18.3 Å². The van der Waals surface area contributed by atoms with Crippen LogP contribution in [-0.4, -0.2) is 22.2 Å². The third kappa shape index (κ3) is 4.47. The maximum Gasteiger partial charge on any atom is 0.247 e. The Hall–Kier alpha value is -2.96. The summed E-state index contributed by atoms with van der Waals surface area (Å²) >= 11 is 1.74. The van der Waals surface area contributed by atoms with E-state index < -0.39 is 0 Å². The molecular weight excluding hydrogens is 370 g/mol. The molecule has 0 aliphatic carbocycles. The Morgan fingerprint density at radius 3 is 2.50 bits per heavy atom. The Labute approximate surface area is 168 Å². The van der Waals surface area contributed by atoms with Crippen LogP contribution in [0.1, 0.15) is 16.3 Å². The predicted octanol–water partition coefficient (Wildman–Crippen LogP) is 5.01. The van der Waals surface area contributed by atoms with Gasteiger partial charge in [0.15, 0.2) is 0 Å². The van der Waals surface area contributed by atoms with E-state index in [-0.39, 0.29) is 0 Å². The smallest absolute Gasteiger partial charge is 0.247 e. The minimum Gasteiger partial charge on any atom is -0.496 e. The van der Waals surface area contributed by atoms with Crippen molar-refractivity contribution >= 4 is 11.3 Å². The summed E-state index contributed by atoms with van der Waals surface area (Å²) in [5, 5.41) is 10.6. The molecule has 142 valence electrons. The number of hydrogen-bond donors (Lipinski definition) is 0. The zero-order chi connectivity index (χ0) is 19.2. The van der Waals surface area contributed by atoms with Gasteiger partial charge in [0.1, 0.15) is 5.75 Å². The van der Waals surface area contributed by atoms with Gasteiger partial charge in [0.2, 0.25) is 11.8 Å². The first-order chi connectivity index (χ1) is 13.8. The molecule has 6 heteroatoms. The molecule has 0 saturated carbocycles. The van der Waals surface area contributed by atoms with Crippen LogP contribution in [0.15, 0.2) is 76.5 Å². The number of para-hydroxylation sites is 1. The van der Waals surface area contributed by atoms with Gasteiger partial charge in [0.05, 0.1) is 13.7 Å². The van der Waals surface area contributed by atoms with Crippen LogP contribution >= 0.6 is 11.3 Å². The number of rotatable bonds is 8. The Morgan fingerprint density at radius 2 is 1.71 bits per heavy atom. The molecular formula is C22H21N3O2S. The molecule has 0 N–H and O–H groups in total. The van der Waals surface area contributed by atoms with E-state index in [0.717, 1.165) is 30.0 Å². The van der Waals surface area contributed by atoms with Crippen molar-refractivity contribution in [3.8, 4) is 17.2 Å². The topological polar surface area (TPSA) is 51.4 Å². The van der Waals surface area contributed by atoms with E-state index in [9.17, 15) is 0 Å². The van der Waals surface area contributed by atoms with E-state index in [1.807, 2.05) is 48.5 Å². The summed E-state index contributed by atoms with van der Waals surface area (Å²) < 4.78 is 11.4. The van der Waals surface area contributed by atoms with E-state index in [2.05, 4.69) is 38.7 Å². The van der Waals surface area contributed by atoms with Crippen LogP contribution in [0.2, 0.25) is 0 Å². The molecule has 2 aromatic carbocycles. The lowest BCUT2D eigenvalue weighted by Crippen LogP contribution is -2.22. The van der Waals surface area contributed by atoms with Crippen molar-refractivity contribution in [2.24, 2.45) is 0 Å². The summed E-state index contributed by atoms with van der Waals surface area (Å²) in [7, 11) is 1.70. The maximum atomic E-state index is 5.92. The highest BCUT2D eigenvalue weighted by atomic mass is 32.1. The molecule has 0 aliphatic rings. The molecule has 4 rings (SSSR count). The Balaban J connectivity index is 1.55. The number of nitrogens with zero attached hydrogens (tertiary/aromatic N) is 3. The van der Waals surface area contributed by atoms with Gasteiger partial charge < -0.3 is 9.15 Å². The van der Waals surface area contributed by atoms with Crippen molar-refractivity contribution in [2.45, 2.75) is 19.6 Å². The number of hydrogen-bond acceptors (Lipinski definition) is 6. The minimum absolute atomic E-state index is 0.545. The normalized spacial score (nSPS) is 11.1.